The highest BCUT2D eigenvalue weighted by atomic mass is 32.2. The normalized spacial score (nSPS) is 13.5. The van der Waals surface area contributed by atoms with Gasteiger partial charge in [-0.15, -0.1) is 0 Å². The minimum atomic E-state index is -2.16. The van der Waals surface area contributed by atoms with Crippen molar-refractivity contribution in [2.24, 2.45) is 5.41 Å². The Bertz CT molecular complexity index is 352. The molecule has 0 spiro atoms. The summed E-state index contributed by atoms with van der Waals surface area (Å²) in [6.45, 7) is 7.10. The van der Waals surface area contributed by atoms with Crippen LogP contribution >= 0.6 is 0 Å². The van der Waals surface area contributed by atoms with Crippen molar-refractivity contribution in [2.45, 2.75) is 32.1 Å². The van der Waals surface area contributed by atoms with E-state index in [9.17, 15) is 8.76 Å². The molecule has 1 aromatic carbocycles. The Morgan fingerprint density at radius 1 is 1.25 bits per heavy atom. The Labute approximate surface area is 99.1 Å². The predicted molar refractivity (Wildman–Crippen MR) is 63.2 cm³/mol. The molecular weight excluding hydrogens is 224 g/mol. The Hall–Kier alpha value is -0.870. The van der Waals surface area contributed by atoms with Crippen molar-refractivity contribution in [3.8, 4) is 5.75 Å². The fourth-order valence-corrected chi connectivity index (χ4v) is 1.48. The van der Waals surface area contributed by atoms with Crippen molar-refractivity contribution in [3.05, 3.63) is 24.3 Å². The van der Waals surface area contributed by atoms with Gasteiger partial charge >= 0.3 is 0 Å². The third-order valence-electron chi connectivity index (χ3n) is 2.14. The zero-order valence-electron chi connectivity index (χ0n) is 9.86. The predicted octanol–water partition coefficient (Wildman–Crippen LogP) is 2.74. The van der Waals surface area contributed by atoms with Crippen LogP contribution in [0.5, 0.6) is 5.75 Å². The van der Waals surface area contributed by atoms with Gasteiger partial charge in [-0.2, -0.15) is 0 Å². The van der Waals surface area contributed by atoms with Crippen molar-refractivity contribution in [1.82, 2.24) is 0 Å². The highest BCUT2D eigenvalue weighted by Crippen LogP contribution is 2.20. The summed E-state index contributed by atoms with van der Waals surface area (Å²) < 4.78 is 26.7. The molecule has 0 heterocycles. The van der Waals surface area contributed by atoms with Crippen molar-refractivity contribution in [2.75, 3.05) is 6.61 Å². The first-order valence-corrected chi connectivity index (χ1v) is 6.28. The first-order valence-electron chi connectivity index (χ1n) is 5.21. The second-order valence-corrected chi connectivity index (χ2v) is 5.81. The lowest BCUT2D eigenvalue weighted by Crippen LogP contribution is -2.11. The molecule has 0 saturated heterocycles. The van der Waals surface area contributed by atoms with E-state index in [0.29, 0.717) is 12.4 Å². The van der Waals surface area contributed by atoms with Crippen LogP contribution in [0.15, 0.2) is 29.2 Å². The lowest BCUT2D eigenvalue weighted by Gasteiger charge is -2.18. The van der Waals surface area contributed by atoms with Crippen molar-refractivity contribution < 1.29 is 13.5 Å². The van der Waals surface area contributed by atoms with E-state index in [1.807, 2.05) is 0 Å². The van der Waals surface area contributed by atoms with Crippen LogP contribution < -0.4 is 4.74 Å². The lowest BCUT2D eigenvalue weighted by molar-refractivity contribution is 0.243. The Kier molecular flexibility index (Phi) is 4.50. The maximum Gasteiger partial charge on any atom is 0.119 e. The quantitative estimate of drug-likeness (QED) is 0.761. The monoisotopic (exact) mass is 241 g/mol. The highest BCUT2D eigenvalue weighted by molar-refractivity contribution is 7.79. The molecule has 0 aliphatic carbocycles. The van der Waals surface area contributed by atoms with Crippen molar-refractivity contribution in [1.29, 1.82) is 0 Å². The standard InChI is InChI=1S/C12H18O3S/c1-12(2,3)8-9-15-10-4-6-11(7-5-10)16(13)14/h4-7H,8-9H2,1-3H3,(H,13,14)/p-1. The summed E-state index contributed by atoms with van der Waals surface area (Å²) in [5.41, 5.74) is 0.246. The van der Waals surface area contributed by atoms with Crippen molar-refractivity contribution >= 4 is 11.1 Å². The summed E-state index contributed by atoms with van der Waals surface area (Å²) in [5, 5.41) is 0. The van der Waals surface area contributed by atoms with Gasteiger partial charge in [0, 0.05) is 4.90 Å². The number of hydrogen-bond acceptors (Lipinski definition) is 3. The molecule has 1 aromatic rings. The van der Waals surface area contributed by atoms with E-state index in [1.54, 1.807) is 12.1 Å². The number of benzene rings is 1. The molecule has 4 heteroatoms. The fraction of sp³-hybridized carbons (Fsp3) is 0.500. The minimum Gasteiger partial charge on any atom is -0.768 e. The van der Waals surface area contributed by atoms with Crippen LogP contribution in [0.4, 0.5) is 0 Å². The molecule has 1 rings (SSSR count). The van der Waals surface area contributed by atoms with Gasteiger partial charge in [-0.3, -0.25) is 4.21 Å². The van der Waals surface area contributed by atoms with Gasteiger partial charge in [0.2, 0.25) is 0 Å². The van der Waals surface area contributed by atoms with E-state index in [4.69, 9.17) is 4.74 Å². The molecule has 0 aromatic heterocycles. The Morgan fingerprint density at radius 2 is 1.81 bits per heavy atom. The van der Waals surface area contributed by atoms with Gasteiger partial charge in [0.15, 0.2) is 0 Å². The van der Waals surface area contributed by atoms with E-state index < -0.39 is 11.1 Å². The van der Waals surface area contributed by atoms with Crippen LogP contribution in [0.3, 0.4) is 0 Å². The summed E-state index contributed by atoms with van der Waals surface area (Å²) in [7, 11) is 0. The molecule has 90 valence electrons. The molecule has 3 nitrogen and oxygen atoms in total. The molecule has 0 saturated carbocycles. The molecule has 0 aliphatic heterocycles. The van der Waals surface area contributed by atoms with Gasteiger partial charge in [-0.25, -0.2) is 0 Å². The van der Waals surface area contributed by atoms with Gasteiger partial charge in [0.25, 0.3) is 0 Å². The summed E-state index contributed by atoms with van der Waals surface area (Å²) >= 11 is -2.16. The topological polar surface area (TPSA) is 49.4 Å². The summed E-state index contributed by atoms with van der Waals surface area (Å²) in [4.78, 5) is 0.281. The fourth-order valence-electron chi connectivity index (χ4n) is 1.12. The summed E-state index contributed by atoms with van der Waals surface area (Å²) in [6, 6.07) is 6.42. The highest BCUT2D eigenvalue weighted by Gasteiger charge is 2.09. The number of hydrogen-bond donors (Lipinski definition) is 0. The first kappa shape index (κ1) is 13.2. The molecule has 16 heavy (non-hydrogen) atoms. The van der Waals surface area contributed by atoms with Crippen LogP contribution in [-0.4, -0.2) is 15.4 Å². The van der Waals surface area contributed by atoms with Crippen LogP contribution in [0.25, 0.3) is 0 Å². The Morgan fingerprint density at radius 3 is 2.25 bits per heavy atom. The Balaban J connectivity index is 2.47. The third-order valence-corrected chi connectivity index (χ3v) is 2.79. The maximum atomic E-state index is 10.6. The van der Waals surface area contributed by atoms with Crippen LogP contribution in [-0.2, 0) is 11.1 Å². The van der Waals surface area contributed by atoms with E-state index >= 15 is 0 Å². The molecule has 1 atom stereocenters. The van der Waals surface area contributed by atoms with Gasteiger partial charge in [-0.05, 0) is 47.2 Å². The molecule has 0 radical (unpaired) electrons. The minimum absolute atomic E-state index is 0.246. The van der Waals surface area contributed by atoms with Crippen LogP contribution in [0, 0.1) is 5.41 Å². The largest absolute Gasteiger partial charge is 0.768 e. The summed E-state index contributed by atoms with van der Waals surface area (Å²) in [6.07, 6.45) is 0.961. The third kappa shape index (κ3) is 4.77. The van der Waals surface area contributed by atoms with Gasteiger partial charge in [0.05, 0.1) is 6.61 Å². The molecule has 1 unspecified atom stereocenters. The van der Waals surface area contributed by atoms with Crippen LogP contribution in [0.1, 0.15) is 27.2 Å². The molecular formula is C12H17O3S-. The smallest absolute Gasteiger partial charge is 0.119 e. The van der Waals surface area contributed by atoms with Crippen molar-refractivity contribution in [3.63, 3.8) is 0 Å². The molecule has 0 bridgehead atoms. The molecule has 0 N–H and O–H groups in total. The second kappa shape index (κ2) is 5.46. The van der Waals surface area contributed by atoms with E-state index in [-0.39, 0.29) is 10.3 Å². The average molecular weight is 241 g/mol. The lowest BCUT2D eigenvalue weighted by atomic mass is 9.93. The average Bonchev–Trinajstić information content (AvgIpc) is 2.16. The maximum absolute atomic E-state index is 10.6. The SMILES string of the molecule is CC(C)(C)CCOc1ccc(S(=O)[O-])cc1. The van der Waals surface area contributed by atoms with Gasteiger partial charge in [-0.1, -0.05) is 20.8 Å². The van der Waals surface area contributed by atoms with E-state index in [0.717, 1.165) is 6.42 Å². The second-order valence-electron chi connectivity index (χ2n) is 4.87. The van der Waals surface area contributed by atoms with E-state index in [1.165, 1.54) is 12.1 Å². The zero-order valence-corrected chi connectivity index (χ0v) is 10.7. The molecule has 0 fully saturated rings. The van der Waals surface area contributed by atoms with E-state index in [2.05, 4.69) is 20.8 Å². The van der Waals surface area contributed by atoms with Gasteiger partial charge in [0.1, 0.15) is 5.75 Å². The number of ether oxygens (including phenoxy) is 1. The van der Waals surface area contributed by atoms with Gasteiger partial charge < -0.3 is 9.29 Å². The molecule has 0 amide bonds. The zero-order chi connectivity index (χ0) is 12.2. The molecule has 0 aliphatic rings. The summed E-state index contributed by atoms with van der Waals surface area (Å²) in [5.74, 6) is 0.707. The first-order chi connectivity index (χ1) is 7.38. The van der Waals surface area contributed by atoms with Crippen LogP contribution in [0.2, 0.25) is 0 Å². The number of rotatable bonds is 4.